The molecule has 2 aromatic heterocycles. The van der Waals surface area contributed by atoms with Crippen molar-refractivity contribution in [1.29, 1.82) is 0 Å². The lowest BCUT2D eigenvalue weighted by atomic mass is 10.0. The summed E-state index contributed by atoms with van der Waals surface area (Å²) >= 11 is 11.1. The molecule has 1 fully saturated rings. The van der Waals surface area contributed by atoms with Crippen molar-refractivity contribution in [2.45, 2.75) is 36.7 Å². The molecule has 2 amide bonds. The van der Waals surface area contributed by atoms with Crippen molar-refractivity contribution < 1.29 is 33.5 Å². The van der Waals surface area contributed by atoms with E-state index in [1.807, 2.05) is 6.92 Å². The van der Waals surface area contributed by atoms with Crippen LogP contribution < -0.4 is 22.5 Å². The number of allylic oxidation sites excluding steroid dienone is 1. The fraction of sp³-hybridized carbons (Fsp3) is 0.385. The third kappa shape index (κ3) is 8.61. The Morgan fingerprint density at radius 1 is 1.19 bits per heavy atom. The maximum atomic E-state index is 13.6. The number of carbonyl (C=O) groups is 4. The van der Waals surface area contributed by atoms with Gasteiger partial charge in [-0.05, 0) is 13.3 Å². The van der Waals surface area contributed by atoms with Gasteiger partial charge in [0.05, 0.1) is 12.2 Å². The van der Waals surface area contributed by atoms with E-state index in [1.54, 1.807) is 19.1 Å². The van der Waals surface area contributed by atoms with Crippen LogP contribution >= 0.6 is 58.2 Å². The second-order valence-corrected chi connectivity index (χ2v) is 14.4. The minimum Gasteiger partial charge on any atom is -0.463 e. The number of nitrogens with two attached hydrogens (primary N) is 3. The average molecular weight is 744 g/mol. The highest BCUT2D eigenvalue weighted by Crippen LogP contribution is 2.45. The molecule has 1 saturated heterocycles. The molecule has 0 radical (unpaired) electrons. The SMILES string of the molecule is CCC=C(COC(=O)C1=C(SCSc2cc(N)nc(N)n2)CSC2C(NC(=O)C(=NOC)c3nc(N)sc3Cl)C(=O)N12)C(=O)OCC. The minimum atomic E-state index is -1.03. The van der Waals surface area contributed by atoms with Crippen molar-refractivity contribution in [3.05, 3.63) is 38.3 Å². The van der Waals surface area contributed by atoms with Gasteiger partial charge in [0, 0.05) is 21.8 Å². The first-order valence-electron chi connectivity index (χ1n) is 13.7. The lowest BCUT2D eigenvalue weighted by Gasteiger charge is -2.49. The summed E-state index contributed by atoms with van der Waals surface area (Å²) in [6, 6.07) is 0.531. The number of nitrogens with zero attached hydrogens (tertiary/aromatic N) is 5. The molecule has 2 aliphatic heterocycles. The van der Waals surface area contributed by atoms with Crippen molar-refractivity contribution >= 4 is 105 Å². The summed E-state index contributed by atoms with van der Waals surface area (Å²) in [6.45, 7) is 3.27. The van der Waals surface area contributed by atoms with Gasteiger partial charge in [-0.1, -0.05) is 52.9 Å². The number of esters is 2. The van der Waals surface area contributed by atoms with Crippen molar-refractivity contribution in [3.8, 4) is 0 Å². The second-order valence-electron chi connectivity index (χ2n) is 9.26. The molecule has 2 aromatic rings. The van der Waals surface area contributed by atoms with Crippen LogP contribution in [0.5, 0.6) is 0 Å². The molecule has 47 heavy (non-hydrogen) atoms. The van der Waals surface area contributed by atoms with Crippen LogP contribution in [0, 0.1) is 0 Å². The molecular formula is C26H30ClN9O7S4. The quantitative estimate of drug-likeness (QED) is 0.0317. The van der Waals surface area contributed by atoms with Crippen molar-refractivity contribution in [2.75, 3.05) is 48.4 Å². The molecule has 4 heterocycles. The third-order valence-electron chi connectivity index (χ3n) is 6.16. The number of aromatic nitrogens is 3. The van der Waals surface area contributed by atoms with Crippen LogP contribution in [0.25, 0.3) is 0 Å². The van der Waals surface area contributed by atoms with E-state index in [4.69, 9.17) is 43.1 Å². The monoisotopic (exact) mass is 743 g/mol. The molecule has 2 atom stereocenters. The van der Waals surface area contributed by atoms with Crippen LogP contribution in [0.4, 0.5) is 16.9 Å². The lowest BCUT2D eigenvalue weighted by molar-refractivity contribution is -0.152. The number of β-lactam (4-membered cyclic amide) rings is 1. The van der Waals surface area contributed by atoms with Crippen LogP contribution in [0.2, 0.25) is 4.34 Å². The van der Waals surface area contributed by atoms with Crippen LogP contribution in [0.3, 0.4) is 0 Å². The second kappa shape index (κ2) is 16.4. The van der Waals surface area contributed by atoms with Gasteiger partial charge in [-0.2, -0.15) is 4.98 Å². The highest BCUT2D eigenvalue weighted by molar-refractivity contribution is 8.18. The fourth-order valence-corrected chi connectivity index (χ4v) is 8.86. The standard InChI is InChI=1S/C26H30ClN9O7S4/c1-4-6-11(23(39)42-5-2)8-43-24(40)18-12(45-10-46-14-7-13(28)31-25(29)32-14)9-44-22-17(21(38)36(18)22)33-20(37)16(35-41-3)15-19(27)47-26(30)34-15/h6-7,17,22H,4-5,8-10H2,1-3H3,(H2,30,34)(H,33,37)(H4,28,29,31,32). The number of rotatable bonds is 14. The van der Waals surface area contributed by atoms with Crippen molar-refractivity contribution in [2.24, 2.45) is 5.16 Å². The number of thioether (sulfide) groups is 3. The van der Waals surface area contributed by atoms with Crippen LogP contribution in [0.1, 0.15) is 26.0 Å². The number of fused-ring (bicyclic) bond motifs is 1. The Kier molecular flexibility index (Phi) is 12.6. The Bertz CT molecular complexity index is 1630. The summed E-state index contributed by atoms with van der Waals surface area (Å²) in [6.07, 6.45) is 2.11. The number of anilines is 3. The Morgan fingerprint density at radius 3 is 2.60 bits per heavy atom. The topological polar surface area (TPSA) is 240 Å². The molecule has 0 aromatic carbocycles. The smallest absolute Gasteiger partial charge is 0.356 e. The summed E-state index contributed by atoms with van der Waals surface area (Å²) in [7, 11) is 1.24. The number of oxime groups is 1. The molecule has 2 aliphatic rings. The van der Waals surface area contributed by atoms with Gasteiger partial charge in [0.1, 0.15) is 51.7 Å². The Morgan fingerprint density at radius 2 is 1.96 bits per heavy atom. The molecule has 0 saturated carbocycles. The number of nitrogen functional groups attached to an aromatic ring is 3. The number of carbonyl (C=O) groups excluding carboxylic acids is 4. The summed E-state index contributed by atoms with van der Waals surface area (Å²) in [5, 5.41) is 6.72. The average Bonchev–Trinajstić information content (AvgIpc) is 3.36. The number of amides is 2. The zero-order chi connectivity index (χ0) is 34.2. The highest BCUT2D eigenvalue weighted by Gasteiger charge is 2.55. The van der Waals surface area contributed by atoms with E-state index in [1.165, 1.54) is 47.3 Å². The lowest BCUT2D eigenvalue weighted by Crippen LogP contribution is -2.71. The number of halogens is 1. The van der Waals surface area contributed by atoms with Gasteiger partial charge in [0.25, 0.3) is 11.8 Å². The number of hydrogen-bond acceptors (Lipinski definition) is 18. The molecule has 0 bridgehead atoms. The normalized spacial score (nSPS) is 18.0. The Labute approximate surface area is 290 Å². The van der Waals surface area contributed by atoms with E-state index in [-0.39, 0.29) is 57.1 Å². The highest BCUT2D eigenvalue weighted by atomic mass is 35.5. The molecule has 4 rings (SSSR count). The zero-order valence-electron chi connectivity index (χ0n) is 25.2. The molecule has 252 valence electrons. The van der Waals surface area contributed by atoms with E-state index in [0.717, 1.165) is 11.3 Å². The third-order valence-corrected chi connectivity index (χ3v) is 10.8. The fourth-order valence-electron chi connectivity index (χ4n) is 4.23. The van der Waals surface area contributed by atoms with E-state index >= 15 is 0 Å². The van der Waals surface area contributed by atoms with Crippen LogP contribution in [-0.4, -0.2) is 91.9 Å². The summed E-state index contributed by atoms with van der Waals surface area (Å²) in [5.74, 6) is -2.26. The van der Waals surface area contributed by atoms with E-state index < -0.39 is 35.2 Å². The van der Waals surface area contributed by atoms with Gasteiger partial charge in [-0.15, -0.1) is 23.5 Å². The molecule has 7 N–H and O–H groups in total. The van der Waals surface area contributed by atoms with Gasteiger partial charge in [0.2, 0.25) is 5.95 Å². The summed E-state index contributed by atoms with van der Waals surface area (Å²) in [4.78, 5) is 71.5. The maximum Gasteiger partial charge on any atom is 0.356 e. The zero-order valence-corrected chi connectivity index (χ0v) is 29.2. The van der Waals surface area contributed by atoms with Gasteiger partial charge in [-0.3, -0.25) is 14.5 Å². The van der Waals surface area contributed by atoms with Crippen LogP contribution in [0.15, 0.2) is 38.5 Å². The Hall–Kier alpha value is -3.72. The van der Waals surface area contributed by atoms with Crippen LogP contribution in [-0.2, 0) is 33.5 Å². The first-order valence-corrected chi connectivity index (χ1v) is 17.9. The first kappa shape index (κ1) is 36.1. The van der Waals surface area contributed by atoms with Gasteiger partial charge in [0.15, 0.2) is 10.8 Å². The first-order chi connectivity index (χ1) is 22.5. The molecule has 0 spiro atoms. The predicted molar refractivity (Wildman–Crippen MR) is 182 cm³/mol. The molecule has 2 unspecified atom stereocenters. The van der Waals surface area contributed by atoms with E-state index in [0.29, 0.717) is 27.2 Å². The van der Waals surface area contributed by atoms with E-state index in [9.17, 15) is 19.2 Å². The largest absolute Gasteiger partial charge is 0.463 e. The van der Waals surface area contributed by atoms with Gasteiger partial charge >= 0.3 is 11.9 Å². The summed E-state index contributed by atoms with van der Waals surface area (Å²) < 4.78 is 10.7. The van der Waals surface area contributed by atoms with Gasteiger partial charge in [-0.25, -0.2) is 19.6 Å². The molecule has 0 aliphatic carbocycles. The summed E-state index contributed by atoms with van der Waals surface area (Å²) in [5.41, 5.74) is 17.1. The number of nitrogens with one attached hydrogen (secondary N) is 1. The number of thiazole rings is 1. The van der Waals surface area contributed by atoms with Gasteiger partial charge < -0.3 is 36.8 Å². The van der Waals surface area contributed by atoms with Crippen molar-refractivity contribution in [1.82, 2.24) is 25.2 Å². The van der Waals surface area contributed by atoms with E-state index in [2.05, 4.69) is 25.4 Å². The number of ether oxygens (including phenoxy) is 2. The predicted octanol–water partition coefficient (Wildman–Crippen LogP) is 2.22. The molecule has 21 heteroatoms. The minimum absolute atomic E-state index is 0.00136. The molecular weight excluding hydrogens is 714 g/mol. The molecule has 16 nitrogen and oxygen atoms in total. The number of hydrogen-bond donors (Lipinski definition) is 4. The van der Waals surface area contributed by atoms with Crippen molar-refractivity contribution in [3.63, 3.8) is 0 Å². The maximum absolute atomic E-state index is 13.6. The Balaban J connectivity index is 1.56.